The van der Waals surface area contributed by atoms with Crippen LogP contribution >= 0.6 is 7.60 Å². The molecule has 0 aliphatic rings. The second-order valence-electron chi connectivity index (χ2n) is 3.69. The smallest absolute Gasteiger partial charge is 0.305 e. The molecule has 0 fully saturated rings. The lowest BCUT2D eigenvalue weighted by Crippen LogP contribution is -2.08. The van der Waals surface area contributed by atoms with Crippen LogP contribution in [0.2, 0.25) is 0 Å². The fourth-order valence-corrected chi connectivity index (χ4v) is 3.11. The molecule has 1 N–H and O–H groups in total. The Morgan fingerprint density at radius 2 is 1.74 bits per heavy atom. The predicted octanol–water partition coefficient (Wildman–Crippen LogP) is 4.09. The van der Waals surface area contributed by atoms with Gasteiger partial charge in [0, 0.05) is 0 Å². The van der Waals surface area contributed by atoms with Gasteiger partial charge >= 0.3 is 7.60 Å². The normalized spacial score (nSPS) is 12.5. The van der Waals surface area contributed by atoms with E-state index in [1.807, 2.05) is 37.3 Å². The summed E-state index contributed by atoms with van der Waals surface area (Å²) in [5.74, 6) is 0. The number of rotatable bonds is 8. The van der Waals surface area contributed by atoms with Gasteiger partial charge in [0.05, 0.1) is 18.9 Å². The third-order valence-electron chi connectivity index (χ3n) is 2.32. The molecule has 6 heteroatoms. The highest BCUT2D eigenvalue weighted by Gasteiger charge is 2.30. The molecule has 0 saturated heterocycles. The van der Waals surface area contributed by atoms with Crippen LogP contribution in [0, 0.1) is 0 Å². The summed E-state index contributed by atoms with van der Waals surface area (Å²) in [6.45, 7) is 6.08. The largest absolute Gasteiger partial charge is 0.377 e. The zero-order chi connectivity index (χ0) is 14.1. The molecule has 1 rings (SSSR count). The summed E-state index contributed by atoms with van der Waals surface area (Å²) >= 11 is 0. The molecule has 1 aromatic carbocycles. The molecule has 0 amide bonds. The lowest BCUT2D eigenvalue weighted by molar-refractivity contribution is 0.232. The quantitative estimate of drug-likeness (QED) is 0.444. The first-order valence-corrected chi connectivity index (χ1v) is 7.97. The average Bonchev–Trinajstić information content (AvgIpc) is 2.41. The van der Waals surface area contributed by atoms with Gasteiger partial charge in [-0.05, 0) is 32.4 Å². The Bertz CT molecular complexity index is 438. The summed E-state index contributed by atoms with van der Waals surface area (Å²) in [6.07, 6.45) is 0.497. The summed E-state index contributed by atoms with van der Waals surface area (Å²) in [6, 6.07) is 9.47. The van der Waals surface area contributed by atoms with Crippen molar-refractivity contribution >= 4 is 18.7 Å². The number of para-hydroxylation sites is 1. The van der Waals surface area contributed by atoms with E-state index in [-0.39, 0.29) is 0 Å². The van der Waals surface area contributed by atoms with E-state index in [0.717, 1.165) is 5.69 Å². The molecular weight excluding hydrogens is 263 g/mol. The number of hydrogen-bond donors (Lipinski definition) is 1. The maximum absolute atomic E-state index is 12.6. The Labute approximate surface area is 114 Å². The van der Waals surface area contributed by atoms with Crippen molar-refractivity contribution < 1.29 is 13.6 Å². The van der Waals surface area contributed by atoms with Crippen LogP contribution < -0.4 is 5.43 Å². The fourth-order valence-electron chi connectivity index (χ4n) is 1.50. The minimum absolute atomic E-state index is 0.321. The lowest BCUT2D eigenvalue weighted by Gasteiger charge is -2.18. The number of hydrogen-bond acceptors (Lipinski definition) is 5. The monoisotopic (exact) mass is 284 g/mol. The molecule has 0 aromatic heterocycles. The SMILES string of the molecule is CCOP(=O)(OCC)/C(CC)=N/Nc1ccccc1. The highest BCUT2D eigenvalue weighted by molar-refractivity contribution is 7.72. The molecule has 0 aliphatic carbocycles. The number of nitrogens with one attached hydrogen (secondary N) is 1. The molecule has 0 radical (unpaired) electrons. The Kier molecular flexibility index (Phi) is 6.78. The Morgan fingerprint density at radius 1 is 1.16 bits per heavy atom. The first-order chi connectivity index (χ1) is 9.16. The Hall–Kier alpha value is -1.16. The van der Waals surface area contributed by atoms with Crippen molar-refractivity contribution in [2.75, 3.05) is 18.6 Å². The summed E-state index contributed by atoms with van der Waals surface area (Å²) in [4.78, 5) is 0. The highest BCUT2D eigenvalue weighted by atomic mass is 31.2. The van der Waals surface area contributed by atoms with Crippen LogP contribution in [-0.4, -0.2) is 18.7 Å². The molecule has 0 heterocycles. The van der Waals surface area contributed by atoms with E-state index in [1.54, 1.807) is 13.8 Å². The van der Waals surface area contributed by atoms with Gasteiger partial charge in [0.1, 0.15) is 5.45 Å². The molecule has 0 unspecified atom stereocenters. The van der Waals surface area contributed by atoms with E-state index in [4.69, 9.17) is 9.05 Å². The molecule has 5 nitrogen and oxygen atoms in total. The van der Waals surface area contributed by atoms with Crippen molar-refractivity contribution in [2.45, 2.75) is 27.2 Å². The maximum atomic E-state index is 12.6. The lowest BCUT2D eigenvalue weighted by atomic mass is 10.3. The second kappa shape index (κ2) is 8.10. The van der Waals surface area contributed by atoms with E-state index in [1.165, 1.54) is 0 Å². The molecule has 0 atom stereocenters. The van der Waals surface area contributed by atoms with Crippen molar-refractivity contribution in [1.82, 2.24) is 0 Å². The molecular formula is C13H21N2O3P. The standard InChI is InChI=1S/C13H21N2O3P/c1-4-13(19(16,17-5-2)18-6-3)15-14-12-10-8-7-9-11-12/h7-11,14H,4-6H2,1-3H3/b15-13+. The van der Waals surface area contributed by atoms with Crippen LogP contribution in [0.4, 0.5) is 5.69 Å². The van der Waals surface area contributed by atoms with Crippen molar-refractivity contribution in [3.8, 4) is 0 Å². The first kappa shape index (κ1) is 15.9. The van der Waals surface area contributed by atoms with Gasteiger partial charge in [-0.1, -0.05) is 25.1 Å². The minimum Gasteiger partial charge on any atom is -0.305 e. The second-order valence-corrected chi connectivity index (χ2v) is 5.72. The van der Waals surface area contributed by atoms with Crippen LogP contribution in [0.25, 0.3) is 0 Å². The summed E-state index contributed by atoms with van der Waals surface area (Å²) in [7, 11) is -3.28. The van der Waals surface area contributed by atoms with E-state index in [2.05, 4.69) is 10.5 Å². The highest BCUT2D eigenvalue weighted by Crippen LogP contribution is 2.50. The summed E-state index contributed by atoms with van der Waals surface area (Å²) in [5.41, 5.74) is 4.10. The van der Waals surface area contributed by atoms with Crippen LogP contribution in [0.1, 0.15) is 27.2 Å². The molecule has 0 spiro atoms. The number of anilines is 1. The molecule has 1 aromatic rings. The van der Waals surface area contributed by atoms with Gasteiger partial charge in [0.25, 0.3) is 0 Å². The third kappa shape index (κ3) is 4.78. The van der Waals surface area contributed by atoms with Gasteiger partial charge in [-0.15, -0.1) is 0 Å². The molecule has 106 valence electrons. The van der Waals surface area contributed by atoms with Gasteiger partial charge in [0.2, 0.25) is 0 Å². The number of nitrogens with zero attached hydrogens (tertiary/aromatic N) is 1. The third-order valence-corrected chi connectivity index (χ3v) is 4.56. The van der Waals surface area contributed by atoms with Gasteiger partial charge in [0.15, 0.2) is 0 Å². The fraction of sp³-hybridized carbons (Fsp3) is 0.462. The summed E-state index contributed by atoms with van der Waals surface area (Å²) in [5, 5.41) is 4.18. The summed E-state index contributed by atoms with van der Waals surface area (Å²) < 4.78 is 23.1. The zero-order valence-electron chi connectivity index (χ0n) is 11.6. The molecule has 0 bridgehead atoms. The number of hydrazone groups is 1. The molecule has 19 heavy (non-hydrogen) atoms. The van der Waals surface area contributed by atoms with E-state index in [0.29, 0.717) is 25.1 Å². The van der Waals surface area contributed by atoms with Gasteiger partial charge in [-0.3, -0.25) is 9.99 Å². The van der Waals surface area contributed by atoms with Gasteiger partial charge in [-0.2, -0.15) is 5.10 Å². The average molecular weight is 284 g/mol. The van der Waals surface area contributed by atoms with Crippen LogP contribution in [0.5, 0.6) is 0 Å². The van der Waals surface area contributed by atoms with Gasteiger partial charge in [-0.25, -0.2) is 0 Å². The van der Waals surface area contributed by atoms with Crippen LogP contribution in [0.15, 0.2) is 35.4 Å². The van der Waals surface area contributed by atoms with Crippen molar-refractivity contribution in [3.05, 3.63) is 30.3 Å². The topological polar surface area (TPSA) is 59.9 Å². The van der Waals surface area contributed by atoms with E-state index < -0.39 is 7.60 Å². The predicted molar refractivity (Wildman–Crippen MR) is 78.6 cm³/mol. The Morgan fingerprint density at radius 3 is 2.21 bits per heavy atom. The molecule has 0 aliphatic heterocycles. The minimum atomic E-state index is -3.28. The molecule has 0 saturated carbocycles. The zero-order valence-corrected chi connectivity index (χ0v) is 12.5. The Balaban J connectivity index is 2.87. The number of benzene rings is 1. The first-order valence-electron chi connectivity index (χ1n) is 6.43. The van der Waals surface area contributed by atoms with Crippen molar-refractivity contribution in [2.24, 2.45) is 5.10 Å². The van der Waals surface area contributed by atoms with Gasteiger partial charge < -0.3 is 9.05 Å². The van der Waals surface area contributed by atoms with Crippen LogP contribution in [-0.2, 0) is 13.6 Å². The van der Waals surface area contributed by atoms with Crippen molar-refractivity contribution in [1.29, 1.82) is 0 Å². The van der Waals surface area contributed by atoms with E-state index >= 15 is 0 Å². The van der Waals surface area contributed by atoms with Crippen LogP contribution in [0.3, 0.4) is 0 Å². The van der Waals surface area contributed by atoms with E-state index in [9.17, 15) is 4.57 Å². The maximum Gasteiger partial charge on any atom is 0.377 e. The van der Waals surface area contributed by atoms with Crippen molar-refractivity contribution in [3.63, 3.8) is 0 Å².